The molecule has 0 atom stereocenters. The monoisotopic (exact) mass is 849 g/mol. The van der Waals surface area contributed by atoms with E-state index < -0.39 is 65.7 Å². The van der Waals surface area contributed by atoms with Crippen LogP contribution in [0.15, 0.2) is 119 Å². The normalized spacial score (nSPS) is 13.0. The lowest BCUT2D eigenvalue weighted by molar-refractivity contribution is 0.478. The Hall–Kier alpha value is -5.64. The van der Waals surface area contributed by atoms with Crippen LogP contribution in [-0.4, -0.2) is 66.8 Å². The number of nitrogen functional groups attached to an aromatic ring is 1. The Morgan fingerprint density at radius 3 is 1.69 bits per heavy atom. The fourth-order valence-corrected chi connectivity index (χ4v) is 7.61. The average Bonchev–Trinajstić information content (AvgIpc) is 3.08. The highest BCUT2D eigenvalue weighted by Crippen LogP contribution is 2.40. The van der Waals surface area contributed by atoms with Gasteiger partial charge in [-0.3, -0.25) is 18.2 Å². The number of hydrogen-bond donors (Lipinski definition) is 6. The van der Waals surface area contributed by atoms with Gasteiger partial charge in [-0.2, -0.15) is 48.6 Å². The Kier molecular flexibility index (Phi) is 10.1. The molecule has 0 fully saturated rings. The molecule has 26 heteroatoms. The molecule has 0 saturated carbocycles. The Bertz CT molecular complexity index is 3090. The molecule has 5 aromatic carbocycles. The number of benzene rings is 5. The number of hydrogen-bond acceptors (Lipinski definition) is 17. The van der Waals surface area contributed by atoms with Crippen molar-refractivity contribution in [3.63, 3.8) is 0 Å². The van der Waals surface area contributed by atoms with E-state index in [-0.39, 0.29) is 61.5 Å². The minimum absolute atomic E-state index is 0.0411. The average molecular weight is 850 g/mol. The van der Waals surface area contributed by atoms with Gasteiger partial charge in [-0.1, -0.05) is 18.2 Å². The van der Waals surface area contributed by atoms with Gasteiger partial charge in [0.05, 0.1) is 32.5 Å². The number of halogens is 1. The van der Waals surface area contributed by atoms with Gasteiger partial charge < -0.3 is 11.1 Å². The zero-order chi connectivity index (χ0) is 40.1. The summed E-state index contributed by atoms with van der Waals surface area (Å²) >= 11 is 5.88. The second-order valence-corrected chi connectivity index (χ2v) is 16.9. The van der Waals surface area contributed by atoms with Crippen LogP contribution in [-0.2, 0) is 40.5 Å². The second kappa shape index (κ2) is 14.2. The number of aromatic nitrogens is 3. The molecular weight excluding hydrogens is 830 g/mol. The van der Waals surface area contributed by atoms with E-state index in [0.717, 1.165) is 18.2 Å². The van der Waals surface area contributed by atoms with Gasteiger partial charge >= 0.3 is 0 Å². The van der Waals surface area contributed by atoms with Crippen LogP contribution in [0.2, 0.25) is 5.28 Å². The third-order valence-electron chi connectivity index (χ3n) is 7.41. The van der Waals surface area contributed by atoms with Gasteiger partial charge in [0.15, 0.2) is 0 Å². The summed E-state index contributed by atoms with van der Waals surface area (Å²) in [4.78, 5) is 8.66. The molecule has 21 nitrogen and oxygen atoms in total. The molecule has 284 valence electrons. The first-order chi connectivity index (χ1) is 25.6. The van der Waals surface area contributed by atoms with Crippen LogP contribution in [0.4, 0.5) is 40.3 Å². The highest BCUT2D eigenvalue weighted by atomic mass is 35.5. The van der Waals surface area contributed by atoms with E-state index >= 15 is 0 Å². The number of nitrogens with zero attached hydrogens (tertiary/aromatic N) is 7. The van der Waals surface area contributed by atoms with Gasteiger partial charge in [-0.15, -0.1) is 20.5 Å². The van der Waals surface area contributed by atoms with E-state index in [0.29, 0.717) is 18.2 Å². The molecule has 1 aromatic heterocycles. The highest BCUT2D eigenvalue weighted by molar-refractivity contribution is 7.86. The van der Waals surface area contributed by atoms with E-state index in [1.165, 1.54) is 42.5 Å². The minimum atomic E-state index is -5.00. The molecule has 55 heavy (non-hydrogen) atoms. The van der Waals surface area contributed by atoms with Crippen molar-refractivity contribution in [1.29, 1.82) is 0 Å². The van der Waals surface area contributed by atoms with Gasteiger partial charge in [0, 0.05) is 21.5 Å². The summed E-state index contributed by atoms with van der Waals surface area (Å²) in [5.74, 6) is -0.406. The van der Waals surface area contributed by atoms with Crippen molar-refractivity contribution >= 4 is 114 Å². The van der Waals surface area contributed by atoms with Crippen molar-refractivity contribution in [3.05, 3.63) is 84.1 Å². The predicted molar refractivity (Wildman–Crippen MR) is 194 cm³/mol. The van der Waals surface area contributed by atoms with Crippen LogP contribution < -0.4 is 11.1 Å². The maximum atomic E-state index is 12.4. The SMILES string of the molecule is Nc1nc(Cl)nc(Nc2ccc(/N=N/c3ccc(/N=N/c4cc(S(=O)(=O)O)ccc4S(=O)(=O)O)c4cc(S(=O)(=O)O)ccc34)c3cccc(S(=O)(=O)O)c23)n1. The predicted octanol–water partition coefficient (Wildman–Crippen LogP) is 5.97. The first kappa shape index (κ1) is 39.1. The number of azo groups is 2. The summed E-state index contributed by atoms with van der Waals surface area (Å²) in [6, 6.07) is 14.5. The van der Waals surface area contributed by atoms with E-state index in [2.05, 4.69) is 40.7 Å². The first-order valence-electron chi connectivity index (χ1n) is 14.5. The number of fused-ring (bicyclic) bond motifs is 2. The van der Waals surface area contributed by atoms with Crippen LogP contribution in [0.1, 0.15) is 0 Å². The van der Waals surface area contributed by atoms with Crippen LogP contribution in [0, 0.1) is 0 Å². The van der Waals surface area contributed by atoms with Crippen molar-refractivity contribution < 1.29 is 51.9 Å². The van der Waals surface area contributed by atoms with Gasteiger partial charge in [0.2, 0.25) is 17.2 Å². The van der Waals surface area contributed by atoms with E-state index in [1.807, 2.05) is 0 Å². The molecule has 0 amide bonds. The van der Waals surface area contributed by atoms with Crippen LogP contribution >= 0.6 is 11.6 Å². The quantitative estimate of drug-likeness (QED) is 0.0682. The molecule has 6 rings (SSSR count). The standard InChI is InChI=1S/C29H20ClN9O12S4/c30-27-33-28(31)35-29(34-27)32-22-10-9-20(17-2-1-3-25(26(17)22)55(49,50)51)37-36-19-7-8-21(18-12-14(52(40,41)42)4-6-16(18)19)38-39-23-13-15(53(43,44)45)5-11-24(23)54(46,47)48/h1-13H,(H,40,41,42)(H,43,44,45)(H,46,47,48)(H,49,50,51)(H3,31,32,33,34,35)/b37-36+,39-38+. The molecule has 0 unspecified atom stereocenters. The fourth-order valence-electron chi connectivity index (χ4n) is 5.11. The Morgan fingerprint density at radius 1 is 0.545 bits per heavy atom. The van der Waals surface area contributed by atoms with Gasteiger partial charge in [-0.05, 0) is 72.3 Å². The summed E-state index contributed by atoms with van der Waals surface area (Å²) in [5.41, 5.74) is 4.90. The lowest BCUT2D eigenvalue weighted by atomic mass is 10.1. The van der Waals surface area contributed by atoms with Crippen LogP contribution in [0.3, 0.4) is 0 Å². The topological polar surface area (TPSA) is 344 Å². The summed E-state index contributed by atoms with van der Waals surface area (Å²) in [6.45, 7) is 0. The van der Waals surface area contributed by atoms with Crippen molar-refractivity contribution in [3.8, 4) is 0 Å². The van der Waals surface area contributed by atoms with Crippen LogP contribution in [0.5, 0.6) is 0 Å². The van der Waals surface area contributed by atoms with Gasteiger partial charge in [0.1, 0.15) is 15.5 Å². The molecule has 0 aliphatic heterocycles. The molecule has 0 saturated heterocycles. The summed E-state index contributed by atoms with van der Waals surface area (Å²) in [6.07, 6.45) is 0. The van der Waals surface area contributed by atoms with Crippen LogP contribution in [0.25, 0.3) is 21.5 Å². The molecule has 0 aliphatic carbocycles. The number of nitrogens with one attached hydrogen (secondary N) is 1. The lowest BCUT2D eigenvalue weighted by Gasteiger charge is -2.13. The maximum absolute atomic E-state index is 12.4. The van der Waals surface area contributed by atoms with Gasteiger partial charge in [-0.25, -0.2) is 0 Å². The molecule has 0 radical (unpaired) electrons. The molecule has 0 aliphatic rings. The second-order valence-electron chi connectivity index (χ2n) is 11.0. The van der Waals surface area contributed by atoms with Crippen molar-refractivity contribution in [2.45, 2.75) is 19.6 Å². The zero-order valence-electron chi connectivity index (χ0n) is 26.8. The Morgan fingerprint density at radius 2 is 1.09 bits per heavy atom. The Labute approximate surface area is 314 Å². The summed E-state index contributed by atoms with van der Waals surface area (Å²) in [5, 5.41) is 18.8. The van der Waals surface area contributed by atoms with E-state index in [4.69, 9.17) is 17.3 Å². The Balaban J connectivity index is 1.50. The third kappa shape index (κ3) is 8.53. The maximum Gasteiger partial charge on any atom is 0.296 e. The zero-order valence-corrected chi connectivity index (χ0v) is 30.8. The largest absolute Gasteiger partial charge is 0.368 e. The lowest BCUT2D eigenvalue weighted by Crippen LogP contribution is -2.05. The molecule has 0 bridgehead atoms. The molecule has 6 aromatic rings. The van der Waals surface area contributed by atoms with E-state index in [1.54, 1.807) is 0 Å². The fraction of sp³-hybridized carbons (Fsp3) is 0. The highest BCUT2D eigenvalue weighted by Gasteiger charge is 2.22. The molecular formula is C29H20ClN9O12S4. The van der Waals surface area contributed by atoms with E-state index in [9.17, 15) is 51.9 Å². The number of rotatable bonds is 10. The first-order valence-corrected chi connectivity index (χ1v) is 20.7. The van der Waals surface area contributed by atoms with Crippen molar-refractivity contribution in [2.24, 2.45) is 20.5 Å². The third-order valence-corrected chi connectivity index (χ3v) is 11.1. The molecule has 0 spiro atoms. The summed E-state index contributed by atoms with van der Waals surface area (Å²) < 4.78 is 135. The number of nitrogens with two attached hydrogens (primary N) is 1. The summed E-state index contributed by atoms with van der Waals surface area (Å²) in [7, 11) is -19.5. The number of anilines is 3. The minimum Gasteiger partial charge on any atom is -0.368 e. The molecule has 1 heterocycles. The smallest absolute Gasteiger partial charge is 0.296 e. The van der Waals surface area contributed by atoms with Crippen molar-refractivity contribution in [2.75, 3.05) is 11.1 Å². The molecule has 7 N–H and O–H groups in total. The van der Waals surface area contributed by atoms with Gasteiger partial charge in [0.25, 0.3) is 40.5 Å². The van der Waals surface area contributed by atoms with Crippen molar-refractivity contribution in [1.82, 2.24) is 15.0 Å².